The summed E-state index contributed by atoms with van der Waals surface area (Å²) in [5, 5.41) is 6.67. The first-order valence-electron chi connectivity index (χ1n) is 6.65. The summed E-state index contributed by atoms with van der Waals surface area (Å²) < 4.78 is 0. The standard InChI is InChI=1S/C17H16N2S/c1-13(17-18-11-12-20-17)19-16-10-6-5-9-15(16)14-7-3-2-4-8-14/h2-13,19H,1H3. The van der Waals surface area contributed by atoms with Crippen molar-refractivity contribution < 1.29 is 0 Å². The maximum absolute atomic E-state index is 4.37. The fourth-order valence-electron chi connectivity index (χ4n) is 2.22. The summed E-state index contributed by atoms with van der Waals surface area (Å²) in [4.78, 5) is 4.37. The second-order valence-corrected chi connectivity index (χ2v) is 5.57. The third-order valence-corrected chi connectivity index (χ3v) is 4.16. The molecular weight excluding hydrogens is 264 g/mol. The highest BCUT2D eigenvalue weighted by Crippen LogP contribution is 2.30. The van der Waals surface area contributed by atoms with E-state index in [1.807, 2.05) is 17.6 Å². The number of nitrogens with zero attached hydrogens (tertiary/aromatic N) is 1. The average Bonchev–Trinajstić information content (AvgIpc) is 3.03. The van der Waals surface area contributed by atoms with E-state index in [9.17, 15) is 0 Å². The molecule has 0 bridgehead atoms. The fraction of sp³-hybridized carbons (Fsp3) is 0.118. The van der Waals surface area contributed by atoms with Crippen LogP contribution in [0.25, 0.3) is 11.1 Å². The van der Waals surface area contributed by atoms with Crippen molar-refractivity contribution in [3.8, 4) is 11.1 Å². The molecule has 2 nitrogen and oxygen atoms in total. The topological polar surface area (TPSA) is 24.9 Å². The van der Waals surface area contributed by atoms with E-state index in [1.54, 1.807) is 11.3 Å². The Morgan fingerprint density at radius 2 is 1.75 bits per heavy atom. The van der Waals surface area contributed by atoms with Crippen LogP contribution in [0.15, 0.2) is 66.2 Å². The molecule has 0 aliphatic heterocycles. The number of hydrogen-bond donors (Lipinski definition) is 1. The molecule has 1 atom stereocenters. The Morgan fingerprint density at radius 1 is 1.00 bits per heavy atom. The summed E-state index contributed by atoms with van der Waals surface area (Å²) in [5.74, 6) is 0. The molecule has 0 fully saturated rings. The number of nitrogens with one attached hydrogen (secondary N) is 1. The monoisotopic (exact) mass is 280 g/mol. The van der Waals surface area contributed by atoms with E-state index in [0.717, 1.165) is 10.7 Å². The minimum absolute atomic E-state index is 0.208. The van der Waals surface area contributed by atoms with Crippen molar-refractivity contribution in [2.24, 2.45) is 0 Å². The zero-order valence-corrected chi connectivity index (χ0v) is 12.1. The predicted molar refractivity (Wildman–Crippen MR) is 86.0 cm³/mol. The zero-order valence-electron chi connectivity index (χ0n) is 11.3. The van der Waals surface area contributed by atoms with Crippen LogP contribution in [0.2, 0.25) is 0 Å². The third-order valence-electron chi connectivity index (χ3n) is 3.21. The molecule has 3 rings (SSSR count). The molecular formula is C17H16N2S. The van der Waals surface area contributed by atoms with E-state index in [-0.39, 0.29) is 6.04 Å². The lowest BCUT2D eigenvalue weighted by molar-refractivity contribution is 0.870. The number of rotatable bonds is 4. The van der Waals surface area contributed by atoms with E-state index < -0.39 is 0 Å². The van der Waals surface area contributed by atoms with E-state index in [4.69, 9.17) is 0 Å². The Bertz CT molecular complexity index is 662. The highest BCUT2D eigenvalue weighted by molar-refractivity contribution is 7.09. The van der Waals surface area contributed by atoms with Gasteiger partial charge in [-0.15, -0.1) is 11.3 Å². The first kappa shape index (κ1) is 12.9. The van der Waals surface area contributed by atoms with Crippen LogP contribution in [0.1, 0.15) is 18.0 Å². The molecule has 100 valence electrons. The smallest absolute Gasteiger partial charge is 0.115 e. The summed E-state index contributed by atoms with van der Waals surface area (Å²) in [6.45, 7) is 2.14. The fourth-order valence-corrected chi connectivity index (χ4v) is 2.87. The Morgan fingerprint density at radius 3 is 2.50 bits per heavy atom. The number of hydrogen-bond acceptors (Lipinski definition) is 3. The molecule has 0 aliphatic rings. The van der Waals surface area contributed by atoms with Crippen LogP contribution in [0.5, 0.6) is 0 Å². The molecule has 0 aliphatic carbocycles. The minimum Gasteiger partial charge on any atom is -0.376 e. The van der Waals surface area contributed by atoms with E-state index in [0.29, 0.717) is 0 Å². The Balaban J connectivity index is 1.91. The zero-order chi connectivity index (χ0) is 13.8. The first-order valence-corrected chi connectivity index (χ1v) is 7.53. The number of anilines is 1. The van der Waals surface area contributed by atoms with E-state index in [2.05, 4.69) is 65.8 Å². The Labute approximate surface area is 123 Å². The maximum Gasteiger partial charge on any atom is 0.115 e. The molecule has 1 N–H and O–H groups in total. The van der Waals surface area contributed by atoms with Gasteiger partial charge in [-0.05, 0) is 18.6 Å². The quantitative estimate of drug-likeness (QED) is 0.728. The van der Waals surface area contributed by atoms with Crippen LogP contribution < -0.4 is 5.32 Å². The molecule has 1 unspecified atom stereocenters. The summed E-state index contributed by atoms with van der Waals surface area (Å²) in [5.41, 5.74) is 3.58. The summed E-state index contributed by atoms with van der Waals surface area (Å²) in [6, 6.07) is 19.0. The summed E-state index contributed by atoms with van der Waals surface area (Å²) in [6.07, 6.45) is 1.85. The van der Waals surface area contributed by atoms with Gasteiger partial charge in [-0.1, -0.05) is 48.5 Å². The van der Waals surface area contributed by atoms with Crippen molar-refractivity contribution in [2.45, 2.75) is 13.0 Å². The summed E-state index contributed by atoms with van der Waals surface area (Å²) in [7, 11) is 0. The van der Waals surface area contributed by atoms with Crippen molar-refractivity contribution >= 4 is 17.0 Å². The molecule has 1 heterocycles. The van der Waals surface area contributed by atoms with Crippen molar-refractivity contribution in [1.82, 2.24) is 4.98 Å². The van der Waals surface area contributed by atoms with Gasteiger partial charge in [-0.25, -0.2) is 4.98 Å². The van der Waals surface area contributed by atoms with Crippen LogP contribution in [-0.4, -0.2) is 4.98 Å². The van der Waals surface area contributed by atoms with Crippen LogP contribution in [-0.2, 0) is 0 Å². The van der Waals surface area contributed by atoms with Crippen molar-refractivity contribution in [1.29, 1.82) is 0 Å². The van der Waals surface area contributed by atoms with Crippen molar-refractivity contribution in [2.75, 3.05) is 5.32 Å². The SMILES string of the molecule is CC(Nc1ccccc1-c1ccccc1)c1nccs1. The van der Waals surface area contributed by atoms with Gasteiger partial charge in [0.1, 0.15) is 5.01 Å². The molecule has 1 aromatic heterocycles. The number of thiazole rings is 1. The lowest BCUT2D eigenvalue weighted by atomic mass is 10.0. The average molecular weight is 280 g/mol. The third kappa shape index (κ3) is 2.73. The van der Waals surface area contributed by atoms with Gasteiger partial charge >= 0.3 is 0 Å². The normalized spacial score (nSPS) is 12.1. The molecule has 0 spiro atoms. The van der Waals surface area contributed by atoms with Gasteiger partial charge < -0.3 is 5.32 Å². The van der Waals surface area contributed by atoms with Crippen LogP contribution in [0.4, 0.5) is 5.69 Å². The molecule has 20 heavy (non-hydrogen) atoms. The number of para-hydroxylation sites is 1. The van der Waals surface area contributed by atoms with E-state index in [1.165, 1.54) is 11.1 Å². The van der Waals surface area contributed by atoms with Gasteiger partial charge in [0.25, 0.3) is 0 Å². The largest absolute Gasteiger partial charge is 0.376 e. The molecule has 0 saturated carbocycles. The molecule has 3 aromatic rings. The van der Waals surface area contributed by atoms with Crippen LogP contribution >= 0.6 is 11.3 Å². The highest BCUT2D eigenvalue weighted by Gasteiger charge is 2.10. The number of benzene rings is 2. The molecule has 0 radical (unpaired) electrons. The van der Waals surface area contributed by atoms with Crippen LogP contribution in [0.3, 0.4) is 0 Å². The second-order valence-electron chi connectivity index (χ2n) is 4.65. The Kier molecular flexibility index (Phi) is 3.79. The van der Waals surface area contributed by atoms with Gasteiger partial charge in [-0.2, -0.15) is 0 Å². The predicted octanol–water partition coefficient (Wildman–Crippen LogP) is 4.98. The summed E-state index contributed by atoms with van der Waals surface area (Å²) >= 11 is 1.68. The first-order chi connectivity index (χ1) is 9.84. The second kappa shape index (κ2) is 5.88. The lowest BCUT2D eigenvalue weighted by Gasteiger charge is -2.16. The van der Waals surface area contributed by atoms with Crippen molar-refractivity contribution in [3.05, 3.63) is 71.2 Å². The lowest BCUT2D eigenvalue weighted by Crippen LogP contribution is -2.07. The molecule has 0 amide bonds. The van der Waals surface area contributed by atoms with Gasteiger partial charge in [0, 0.05) is 22.8 Å². The molecule has 0 saturated heterocycles. The van der Waals surface area contributed by atoms with E-state index >= 15 is 0 Å². The molecule has 2 aromatic carbocycles. The Hall–Kier alpha value is -2.13. The van der Waals surface area contributed by atoms with Crippen LogP contribution in [0, 0.1) is 0 Å². The van der Waals surface area contributed by atoms with Gasteiger partial charge in [0.05, 0.1) is 6.04 Å². The van der Waals surface area contributed by atoms with Gasteiger partial charge in [-0.3, -0.25) is 0 Å². The van der Waals surface area contributed by atoms with Gasteiger partial charge in [0.15, 0.2) is 0 Å². The van der Waals surface area contributed by atoms with Crippen molar-refractivity contribution in [3.63, 3.8) is 0 Å². The minimum atomic E-state index is 0.208. The maximum atomic E-state index is 4.37. The van der Waals surface area contributed by atoms with Gasteiger partial charge in [0.2, 0.25) is 0 Å². The molecule has 3 heteroatoms. The number of aromatic nitrogens is 1. The highest BCUT2D eigenvalue weighted by atomic mass is 32.1.